The van der Waals surface area contributed by atoms with Crippen molar-refractivity contribution in [1.82, 2.24) is 9.97 Å². The number of amides is 2. The third-order valence-electron chi connectivity index (χ3n) is 3.57. The van der Waals surface area contributed by atoms with Gasteiger partial charge < -0.3 is 5.32 Å². The first kappa shape index (κ1) is 15.4. The number of hydrogen-bond donors (Lipinski definition) is 2. The van der Waals surface area contributed by atoms with Crippen molar-refractivity contribution >= 4 is 35.1 Å². The van der Waals surface area contributed by atoms with E-state index in [1.807, 2.05) is 0 Å². The molecule has 1 aromatic carbocycles. The average molecular weight is 331 g/mol. The van der Waals surface area contributed by atoms with Crippen molar-refractivity contribution in [2.45, 2.75) is 26.2 Å². The molecule has 0 radical (unpaired) electrons. The van der Waals surface area contributed by atoms with Crippen LogP contribution < -0.4 is 10.6 Å². The maximum Gasteiger partial charge on any atom is 0.326 e. The summed E-state index contributed by atoms with van der Waals surface area (Å²) < 4.78 is 0. The van der Waals surface area contributed by atoms with E-state index in [0.717, 1.165) is 12.8 Å². The van der Waals surface area contributed by atoms with Crippen LogP contribution in [0, 0.1) is 6.92 Å². The van der Waals surface area contributed by atoms with Crippen LogP contribution >= 0.6 is 11.6 Å². The summed E-state index contributed by atoms with van der Waals surface area (Å²) in [5, 5.41) is 5.78. The van der Waals surface area contributed by atoms with Gasteiger partial charge in [-0.15, -0.1) is 0 Å². The number of fused-ring (bicyclic) bond motifs is 1. The van der Waals surface area contributed by atoms with E-state index in [9.17, 15) is 9.59 Å². The number of carbonyl (C=O) groups is 2. The van der Waals surface area contributed by atoms with Crippen LogP contribution in [0.5, 0.6) is 0 Å². The summed E-state index contributed by atoms with van der Waals surface area (Å²) in [7, 11) is 0. The molecule has 0 bridgehead atoms. The molecule has 0 aliphatic heterocycles. The van der Waals surface area contributed by atoms with Gasteiger partial charge in [0.2, 0.25) is 5.95 Å². The molecule has 118 valence electrons. The topological polar surface area (TPSA) is 84.0 Å². The van der Waals surface area contributed by atoms with Gasteiger partial charge >= 0.3 is 6.03 Å². The Morgan fingerprint density at radius 2 is 2.04 bits per heavy atom. The van der Waals surface area contributed by atoms with E-state index < -0.39 is 6.03 Å². The van der Waals surface area contributed by atoms with Crippen LogP contribution in [0.3, 0.4) is 0 Å². The van der Waals surface area contributed by atoms with E-state index in [1.54, 1.807) is 31.2 Å². The molecule has 3 rings (SSSR count). The zero-order chi connectivity index (χ0) is 16.4. The number of nitrogens with zero attached hydrogens (tertiary/aromatic N) is 2. The van der Waals surface area contributed by atoms with Gasteiger partial charge in [0.05, 0.1) is 17.0 Å². The number of rotatable bonds is 2. The molecule has 1 aliphatic rings. The van der Waals surface area contributed by atoms with Gasteiger partial charge in [0.15, 0.2) is 5.78 Å². The standard InChI is InChI=1S/C16H15ClN4O2/c1-9-14-12(6-3-7-13(14)22)20-15(18-9)21-16(23)19-11-5-2-4-10(17)8-11/h2,4-5,8H,3,6-7H2,1H3,(H2,18,19,20,21,23). The van der Waals surface area contributed by atoms with E-state index in [0.29, 0.717) is 34.1 Å². The molecule has 1 aromatic heterocycles. The highest BCUT2D eigenvalue weighted by atomic mass is 35.5. The molecular weight excluding hydrogens is 316 g/mol. The van der Waals surface area contributed by atoms with Crippen molar-refractivity contribution in [3.05, 3.63) is 46.2 Å². The van der Waals surface area contributed by atoms with Crippen molar-refractivity contribution < 1.29 is 9.59 Å². The number of halogens is 1. The Labute approximate surface area is 138 Å². The van der Waals surface area contributed by atoms with Gasteiger partial charge in [-0.2, -0.15) is 0 Å². The first-order valence-electron chi connectivity index (χ1n) is 7.27. The third-order valence-corrected chi connectivity index (χ3v) is 3.80. The molecule has 0 fully saturated rings. The minimum atomic E-state index is -0.464. The summed E-state index contributed by atoms with van der Waals surface area (Å²) in [5.74, 6) is 0.258. The fraction of sp³-hybridized carbons (Fsp3) is 0.250. The Kier molecular flexibility index (Phi) is 4.25. The van der Waals surface area contributed by atoms with Crippen molar-refractivity contribution in [1.29, 1.82) is 0 Å². The zero-order valence-electron chi connectivity index (χ0n) is 12.5. The van der Waals surface area contributed by atoms with Crippen molar-refractivity contribution in [3.8, 4) is 0 Å². The molecule has 0 spiro atoms. The fourth-order valence-electron chi connectivity index (χ4n) is 2.60. The molecule has 2 aromatic rings. The van der Waals surface area contributed by atoms with Crippen LogP contribution in [0.2, 0.25) is 5.02 Å². The molecule has 1 aliphatic carbocycles. The number of benzene rings is 1. The number of aromatic nitrogens is 2. The minimum Gasteiger partial charge on any atom is -0.308 e. The molecule has 2 N–H and O–H groups in total. The molecule has 1 heterocycles. The monoisotopic (exact) mass is 330 g/mol. The van der Waals surface area contributed by atoms with Gasteiger partial charge in [0, 0.05) is 17.1 Å². The van der Waals surface area contributed by atoms with E-state index >= 15 is 0 Å². The molecule has 0 unspecified atom stereocenters. The van der Waals surface area contributed by atoms with Crippen LogP contribution in [0.1, 0.15) is 34.6 Å². The number of Topliss-reactive ketones (excluding diaryl/α,β-unsaturated/α-hetero) is 1. The minimum absolute atomic E-state index is 0.0682. The Hall–Kier alpha value is -2.47. The van der Waals surface area contributed by atoms with Gasteiger partial charge in [0.1, 0.15) is 0 Å². The van der Waals surface area contributed by atoms with E-state index in [1.165, 1.54) is 0 Å². The predicted octanol–water partition coefficient (Wildman–Crippen LogP) is 3.60. The second-order valence-corrected chi connectivity index (χ2v) is 5.76. The number of anilines is 2. The predicted molar refractivity (Wildman–Crippen MR) is 88.1 cm³/mol. The van der Waals surface area contributed by atoms with Gasteiger partial charge in [-0.3, -0.25) is 10.1 Å². The van der Waals surface area contributed by atoms with E-state index in [-0.39, 0.29) is 11.7 Å². The molecule has 0 saturated heterocycles. The highest BCUT2D eigenvalue weighted by Crippen LogP contribution is 2.23. The van der Waals surface area contributed by atoms with Crippen LogP contribution in [0.4, 0.5) is 16.4 Å². The van der Waals surface area contributed by atoms with Gasteiger partial charge in [-0.1, -0.05) is 17.7 Å². The first-order valence-corrected chi connectivity index (χ1v) is 7.65. The average Bonchev–Trinajstić information content (AvgIpc) is 2.46. The lowest BCUT2D eigenvalue weighted by molar-refractivity contribution is 0.0970. The maximum absolute atomic E-state index is 12.0. The number of nitrogens with one attached hydrogen (secondary N) is 2. The molecular formula is C16H15ClN4O2. The molecule has 0 atom stereocenters. The van der Waals surface area contributed by atoms with E-state index in [4.69, 9.17) is 11.6 Å². The number of carbonyl (C=O) groups excluding carboxylic acids is 2. The summed E-state index contributed by atoms with van der Waals surface area (Å²) >= 11 is 5.87. The Morgan fingerprint density at radius 1 is 1.22 bits per heavy atom. The SMILES string of the molecule is Cc1nc(NC(=O)Nc2cccc(Cl)c2)nc2c1C(=O)CCC2. The maximum atomic E-state index is 12.0. The lowest BCUT2D eigenvalue weighted by Gasteiger charge is -2.16. The summed E-state index contributed by atoms with van der Waals surface area (Å²) in [4.78, 5) is 32.4. The van der Waals surface area contributed by atoms with Crippen LogP contribution in [-0.2, 0) is 6.42 Å². The van der Waals surface area contributed by atoms with Crippen LogP contribution in [0.15, 0.2) is 24.3 Å². The molecule has 6 nitrogen and oxygen atoms in total. The highest BCUT2D eigenvalue weighted by molar-refractivity contribution is 6.30. The second-order valence-electron chi connectivity index (χ2n) is 5.32. The summed E-state index contributed by atoms with van der Waals surface area (Å²) in [6.07, 6.45) is 2.02. The zero-order valence-corrected chi connectivity index (χ0v) is 13.3. The quantitative estimate of drug-likeness (QED) is 0.881. The fourth-order valence-corrected chi connectivity index (χ4v) is 2.79. The molecule has 0 saturated carbocycles. The van der Waals surface area contributed by atoms with Crippen molar-refractivity contribution in [3.63, 3.8) is 0 Å². The molecule has 7 heteroatoms. The summed E-state index contributed by atoms with van der Waals surface area (Å²) in [6.45, 7) is 1.75. The number of ketones is 1. The second kappa shape index (κ2) is 6.34. The van der Waals surface area contributed by atoms with E-state index in [2.05, 4.69) is 20.6 Å². The van der Waals surface area contributed by atoms with Crippen LogP contribution in [-0.4, -0.2) is 21.8 Å². The summed E-state index contributed by atoms with van der Waals surface area (Å²) in [6, 6.07) is 6.36. The lowest BCUT2D eigenvalue weighted by atomic mass is 9.94. The Bertz CT molecular complexity index is 792. The van der Waals surface area contributed by atoms with Gasteiger partial charge in [-0.05, 0) is 38.0 Å². The first-order chi connectivity index (χ1) is 11.0. The normalized spacial score (nSPS) is 13.4. The number of aryl methyl sites for hydroxylation is 2. The van der Waals surface area contributed by atoms with Crippen LogP contribution in [0.25, 0.3) is 0 Å². The Morgan fingerprint density at radius 3 is 2.83 bits per heavy atom. The van der Waals surface area contributed by atoms with Gasteiger partial charge in [0.25, 0.3) is 0 Å². The highest BCUT2D eigenvalue weighted by Gasteiger charge is 2.22. The third kappa shape index (κ3) is 3.48. The van der Waals surface area contributed by atoms with Crippen molar-refractivity contribution in [2.24, 2.45) is 0 Å². The smallest absolute Gasteiger partial charge is 0.308 e. The molecule has 2 amide bonds. The molecule has 23 heavy (non-hydrogen) atoms. The summed E-state index contributed by atoms with van der Waals surface area (Å²) in [5.41, 5.74) is 2.46. The largest absolute Gasteiger partial charge is 0.326 e. The Balaban J connectivity index is 1.76. The van der Waals surface area contributed by atoms with Gasteiger partial charge in [-0.25, -0.2) is 14.8 Å². The van der Waals surface area contributed by atoms with Crippen molar-refractivity contribution in [2.75, 3.05) is 10.6 Å². The number of urea groups is 1. The lowest BCUT2D eigenvalue weighted by Crippen LogP contribution is -2.23. The number of hydrogen-bond acceptors (Lipinski definition) is 4.